The van der Waals surface area contributed by atoms with E-state index < -0.39 is 46.5 Å². The normalized spacial score (nSPS) is 21.6. The largest absolute Gasteiger partial charge is 0.460 e. The van der Waals surface area contributed by atoms with E-state index >= 15 is 0 Å². The first-order chi connectivity index (χ1) is 14.4. The van der Waals surface area contributed by atoms with Crippen LogP contribution in [-0.2, 0) is 19.1 Å². The second-order valence-corrected chi connectivity index (χ2v) is 9.30. The quantitative estimate of drug-likeness (QED) is 0.554. The molecule has 0 spiro atoms. The summed E-state index contributed by atoms with van der Waals surface area (Å²) in [5, 5.41) is 12.9. The molecule has 7 nitrogen and oxygen atoms in total. The number of benzene rings is 1. The van der Waals surface area contributed by atoms with Crippen LogP contribution >= 0.6 is 0 Å². The second kappa shape index (κ2) is 8.53. The zero-order valence-corrected chi connectivity index (χ0v) is 18.0. The summed E-state index contributed by atoms with van der Waals surface area (Å²) in [5.74, 6) is -3.88. The number of nitrogens with one attached hydrogen (secondary N) is 1. The number of halogens is 2. The monoisotopic (exact) mass is 438 g/mol. The SMILES string of the molecule is CC(C)(C)OC(=O)CC1(O)CCN(c2cc(F)c(C3CCC(=O)NC3=O)cc2F)CC1. The molecule has 0 radical (unpaired) electrons. The molecule has 31 heavy (non-hydrogen) atoms. The van der Waals surface area contributed by atoms with Crippen molar-refractivity contribution in [3.8, 4) is 0 Å². The van der Waals surface area contributed by atoms with Crippen molar-refractivity contribution in [2.24, 2.45) is 0 Å². The lowest BCUT2D eigenvalue weighted by atomic mass is 9.87. The Bertz CT molecular complexity index is 889. The van der Waals surface area contributed by atoms with Gasteiger partial charge in [0.25, 0.3) is 0 Å². The summed E-state index contributed by atoms with van der Waals surface area (Å²) in [5.41, 5.74) is -1.96. The van der Waals surface area contributed by atoms with Crippen molar-refractivity contribution >= 4 is 23.5 Å². The summed E-state index contributed by atoms with van der Waals surface area (Å²) in [6.07, 6.45) is 0.428. The zero-order chi connectivity index (χ0) is 23.0. The number of rotatable bonds is 4. The highest BCUT2D eigenvalue weighted by molar-refractivity contribution is 6.01. The fraction of sp³-hybridized carbons (Fsp3) is 0.591. The predicted octanol–water partition coefficient (Wildman–Crippen LogP) is 2.55. The third-order valence-electron chi connectivity index (χ3n) is 5.61. The first-order valence-corrected chi connectivity index (χ1v) is 10.4. The molecule has 2 heterocycles. The molecule has 2 saturated heterocycles. The van der Waals surface area contributed by atoms with Crippen LogP contribution in [0, 0.1) is 11.6 Å². The van der Waals surface area contributed by atoms with Crippen LogP contribution in [0.1, 0.15) is 64.4 Å². The van der Waals surface area contributed by atoms with Crippen LogP contribution in [0.2, 0.25) is 0 Å². The number of hydrogen-bond acceptors (Lipinski definition) is 6. The van der Waals surface area contributed by atoms with Crippen molar-refractivity contribution in [2.75, 3.05) is 18.0 Å². The van der Waals surface area contributed by atoms with E-state index in [9.17, 15) is 28.3 Å². The number of anilines is 1. The van der Waals surface area contributed by atoms with Crippen LogP contribution in [-0.4, -0.2) is 47.2 Å². The van der Waals surface area contributed by atoms with Gasteiger partial charge in [0.15, 0.2) is 0 Å². The molecule has 3 rings (SSSR count). The minimum absolute atomic E-state index is 0.0351. The Balaban J connectivity index is 1.68. The number of aliphatic hydroxyl groups is 1. The maximum atomic E-state index is 14.8. The third-order valence-corrected chi connectivity index (χ3v) is 5.61. The molecule has 2 fully saturated rings. The van der Waals surface area contributed by atoms with Gasteiger partial charge in [0.1, 0.15) is 17.2 Å². The number of imide groups is 1. The number of carbonyl (C=O) groups excluding carboxylic acids is 3. The fourth-order valence-electron chi connectivity index (χ4n) is 4.04. The predicted molar refractivity (Wildman–Crippen MR) is 108 cm³/mol. The fourth-order valence-corrected chi connectivity index (χ4v) is 4.04. The number of ether oxygens (including phenoxy) is 1. The summed E-state index contributed by atoms with van der Waals surface area (Å²) in [6.45, 7) is 5.69. The van der Waals surface area contributed by atoms with Crippen molar-refractivity contribution in [2.45, 2.75) is 70.0 Å². The van der Waals surface area contributed by atoms with Gasteiger partial charge in [-0.3, -0.25) is 19.7 Å². The maximum Gasteiger partial charge on any atom is 0.309 e. The Morgan fingerprint density at radius 1 is 1.23 bits per heavy atom. The van der Waals surface area contributed by atoms with Crippen LogP contribution in [0.4, 0.5) is 14.5 Å². The highest BCUT2D eigenvalue weighted by Crippen LogP contribution is 2.35. The van der Waals surface area contributed by atoms with Crippen LogP contribution in [0.15, 0.2) is 12.1 Å². The van der Waals surface area contributed by atoms with Crippen molar-refractivity contribution in [3.63, 3.8) is 0 Å². The maximum absolute atomic E-state index is 14.8. The number of piperidine rings is 2. The van der Waals surface area contributed by atoms with Gasteiger partial charge in [0.05, 0.1) is 23.6 Å². The van der Waals surface area contributed by atoms with E-state index in [-0.39, 0.29) is 56.4 Å². The minimum atomic E-state index is -1.26. The molecule has 2 aliphatic heterocycles. The highest BCUT2D eigenvalue weighted by atomic mass is 19.1. The smallest absolute Gasteiger partial charge is 0.309 e. The molecule has 1 aromatic rings. The lowest BCUT2D eigenvalue weighted by Crippen LogP contribution is -2.46. The van der Waals surface area contributed by atoms with Crippen molar-refractivity contribution in [3.05, 3.63) is 29.3 Å². The molecule has 1 aromatic carbocycles. The molecule has 0 aliphatic carbocycles. The number of hydrogen-bond donors (Lipinski definition) is 2. The van der Waals surface area contributed by atoms with Gasteiger partial charge < -0.3 is 14.7 Å². The van der Waals surface area contributed by atoms with E-state index in [4.69, 9.17) is 4.74 Å². The second-order valence-electron chi connectivity index (χ2n) is 9.30. The lowest BCUT2D eigenvalue weighted by Gasteiger charge is -2.39. The highest BCUT2D eigenvalue weighted by Gasteiger charge is 2.37. The Labute approximate surface area is 179 Å². The minimum Gasteiger partial charge on any atom is -0.460 e. The molecule has 9 heteroatoms. The molecule has 1 atom stereocenters. The standard InChI is InChI=1S/C22H28F2N2O5/c1-21(2,3)31-19(28)12-22(30)6-8-26(9-7-22)17-11-15(23)14(10-16(17)24)13-4-5-18(27)25-20(13)29/h10-11,13,30H,4-9,12H2,1-3H3,(H,25,27,29). The summed E-state index contributed by atoms with van der Waals surface area (Å²) in [6, 6.07) is 2.05. The molecule has 2 amide bonds. The molecule has 1 unspecified atom stereocenters. The van der Waals surface area contributed by atoms with Gasteiger partial charge in [-0.25, -0.2) is 8.78 Å². The Morgan fingerprint density at radius 2 is 1.87 bits per heavy atom. The molecular formula is C22H28F2N2O5. The number of esters is 1. The molecular weight excluding hydrogens is 410 g/mol. The number of amides is 2. The Hall–Kier alpha value is -2.55. The van der Waals surface area contributed by atoms with Crippen LogP contribution in [0.5, 0.6) is 0 Å². The molecule has 2 N–H and O–H groups in total. The van der Waals surface area contributed by atoms with E-state index in [1.54, 1.807) is 25.7 Å². The van der Waals surface area contributed by atoms with E-state index in [1.165, 1.54) is 0 Å². The van der Waals surface area contributed by atoms with Crippen LogP contribution < -0.4 is 10.2 Å². The van der Waals surface area contributed by atoms with Crippen molar-refractivity contribution in [1.82, 2.24) is 5.32 Å². The Kier molecular flexibility index (Phi) is 6.36. The van der Waals surface area contributed by atoms with E-state index in [1.807, 2.05) is 0 Å². The zero-order valence-electron chi connectivity index (χ0n) is 18.0. The molecule has 0 saturated carbocycles. The molecule has 170 valence electrons. The lowest BCUT2D eigenvalue weighted by molar-refractivity contribution is -0.161. The average Bonchev–Trinajstić information content (AvgIpc) is 2.62. The van der Waals surface area contributed by atoms with Crippen molar-refractivity contribution < 1.29 is 33.0 Å². The van der Waals surface area contributed by atoms with Gasteiger partial charge in [-0.05, 0) is 46.1 Å². The van der Waals surface area contributed by atoms with E-state index in [0.717, 1.165) is 12.1 Å². The topological polar surface area (TPSA) is 95.9 Å². The average molecular weight is 438 g/mol. The molecule has 0 bridgehead atoms. The van der Waals surface area contributed by atoms with Gasteiger partial charge in [-0.1, -0.05) is 0 Å². The van der Waals surface area contributed by atoms with Crippen LogP contribution in [0.25, 0.3) is 0 Å². The summed E-state index contributed by atoms with van der Waals surface area (Å²) in [4.78, 5) is 37.0. The molecule has 2 aliphatic rings. The van der Waals surface area contributed by atoms with Crippen molar-refractivity contribution in [1.29, 1.82) is 0 Å². The van der Waals surface area contributed by atoms with Gasteiger partial charge in [-0.2, -0.15) is 0 Å². The van der Waals surface area contributed by atoms with Gasteiger partial charge in [0.2, 0.25) is 11.8 Å². The molecule has 0 aromatic heterocycles. The summed E-state index contributed by atoms with van der Waals surface area (Å²) >= 11 is 0. The number of nitrogens with zero attached hydrogens (tertiary/aromatic N) is 1. The first-order valence-electron chi connectivity index (χ1n) is 10.4. The summed E-state index contributed by atoms with van der Waals surface area (Å²) in [7, 11) is 0. The third kappa shape index (κ3) is 5.58. The van der Waals surface area contributed by atoms with Crippen LogP contribution in [0.3, 0.4) is 0 Å². The van der Waals surface area contributed by atoms with Gasteiger partial charge in [-0.15, -0.1) is 0 Å². The van der Waals surface area contributed by atoms with Gasteiger partial charge in [0, 0.05) is 31.1 Å². The summed E-state index contributed by atoms with van der Waals surface area (Å²) < 4.78 is 34.8. The Morgan fingerprint density at radius 3 is 2.45 bits per heavy atom. The number of carbonyl (C=O) groups is 3. The van der Waals surface area contributed by atoms with E-state index in [2.05, 4.69) is 5.32 Å². The van der Waals surface area contributed by atoms with Gasteiger partial charge >= 0.3 is 5.97 Å². The van der Waals surface area contributed by atoms with E-state index in [0.29, 0.717) is 0 Å². The first kappa shape index (κ1) is 23.1.